The van der Waals surface area contributed by atoms with Crippen LogP contribution in [-0.2, 0) is 6.54 Å². The van der Waals surface area contributed by atoms with Crippen LogP contribution in [0.15, 0.2) is 48.8 Å². The van der Waals surface area contributed by atoms with Gasteiger partial charge in [0, 0.05) is 60.9 Å². The molecular weight excluding hydrogens is 344 g/mol. The molecule has 1 N–H and O–H groups in total. The molecule has 1 spiro atoms. The van der Waals surface area contributed by atoms with E-state index in [4.69, 9.17) is 0 Å². The molecule has 0 atom stereocenters. The number of hydrogen-bond acceptors (Lipinski definition) is 3. The Hall–Kier alpha value is -2.33. The van der Waals surface area contributed by atoms with Crippen molar-refractivity contribution in [2.45, 2.75) is 39.2 Å². The summed E-state index contributed by atoms with van der Waals surface area (Å²) < 4.78 is 0. The fourth-order valence-corrected chi connectivity index (χ4v) is 5.32. The zero-order valence-corrected chi connectivity index (χ0v) is 16.8. The zero-order chi connectivity index (χ0) is 19.0. The molecule has 2 aromatic heterocycles. The molecule has 4 heterocycles. The summed E-state index contributed by atoms with van der Waals surface area (Å²) in [5.74, 6) is 0. The van der Waals surface area contributed by atoms with Crippen LogP contribution in [0.4, 0.5) is 5.69 Å². The van der Waals surface area contributed by atoms with E-state index in [2.05, 4.69) is 69.3 Å². The number of piperidine rings is 2. The number of aromatic amines is 1. The molecule has 2 aliphatic heterocycles. The van der Waals surface area contributed by atoms with E-state index in [9.17, 15) is 0 Å². The number of fused-ring (bicyclic) bond motifs is 1. The molecule has 4 nitrogen and oxygen atoms in total. The third-order valence-electron chi connectivity index (χ3n) is 6.88. The van der Waals surface area contributed by atoms with Crippen LogP contribution in [0.5, 0.6) is 0 Å². The van der Waals surface area contributed by atoms with Crippen LogP contribution in [0.1, 0.15) is 36.9 Å². The van der Waals surface area contributed by atoms with Gasteiger partial charge in [-0.15, -0.1) is 0 Å². The number of anilines is 1. The fourth-order valence-electron chi connectivity index (χ4n) is 5.32. The summed E-state index contributed by atoms with van der Waals surface area (Å²) >= 11 is 0. The van der Waals surface area contributed by atoms with Gasteiger partial charge in [0.15, 0.2) is 0 Å². The topological polar surface area (TPSA) is 35.2 Å². The van der Waals surface area contributed by atoms with Gasteiger partial charge in [-0.2, -0.15) is 0 Å². The molecule has 1 aromatic carbocycles. The van der Waals surface area contributed by atoms with Crippen molar-refractivity contribution in [3.63, 3.8) is 0 Å². The largest absolute Gasteiger partial charge is 0.371 e. The Bertz CT molecular complexity index is 952. The molecule has 4 heteroatoms. The maximum Gasteiger partial charge on any atom is 0.0457 e. The lowest BCUT2D eigenvalue weighted by molar-refractivity contribution is 0.0608. The van der Waals surface area contributed by atoms with Gasteiger partial charge < -0.3 is 9.88 Å². The number of para-hydroxylation sites is 1. The highest BCUT2D eigenvalue weighted by molar-refractivity contribution is 5.82. The molecule has 0 bridgehead atoms. The Kier molecular flexibility index (Phi) is 4.59. The molecule has 28 heavy (non-hydrogen) atoms. The smallest absolute Gasteiger partial charge is 0.0457 e. The third-order valence-corrected chi connectivity index (χ3v) is 6.88. The minimum Gasteiger partial charge on any atom is -0.371 e. The second kappa shape index (κ2) is 7.25. The molecule has 0 aliphatic carbocycles. The lowest BCUT2D eigenvalue weighted by Crippen LogP contribution is -2.49. The molecule has 0 radical (unpaired) electrons. The average molecular weight is 375 g/mol. The van der Waals surface area contributed by atoms with Gasteiger partial charge in [0.2, 0.25) is 0 Å². The van der Waals surface area contributed by atoms with E-state index in [0.717, 1.165) is 12.2 Å². The minimum atomic E-state index is 0.503. The Balaban J connectivity index is 1.26. The number of aryl methyl sites for hydroxylation is 1. The lowest BCUT2D eigenvalue weighted by atomic mass is 9.72. The second-order valence-corrected chi connectivity index (χ2v) is 8.82. The number of benzene rings is 1. The highest BCUT2D eigenvalue weighted by Gasteiger charge is 2.38. The molecule has 146 valence electrons. The fraction of sp³-hybridized carbons (Fsp3) is 0.458. The Morgan fingerprint density at radius 3 is 2.79 bits per heavy atom. The van der Waals surface area contributed by atoms with Crippen molar-refractivity contribution in [2.24, 2.45) is 5.41 Å². The normalized spacial score (nSPS) is 20.1. The van der Waals surface area contributed by atoms with Crippen molar-refractivity contribution >= 4 is 16.6 Å². The monoisotopic (exact) mass is 374 g/mol. The lowest BCUT2D eigenvalue weighted by Gasteiger charge is -2.48. The molecular formula is C24H30N4. The van der Waals surface area contributed by atoms with Crippen molar-refractivity contribution in [3.05, 3.63) is 60.0 Å². The molecule has 3 aromatic rings. The highest BCUT2D eigenvalue weighted by Crippen LogP contribution is 2.41. The van der Waals surface area contributed by atoms with Crippen LogP contribution in [0.25, 0.3) is 10.9 Å². The van der Waals surface area contributed by atoms with Crippen LogP contribution < -0.4 is 4.90 Å². The van der Waals surface area contributed by atoms with Gasteiger partial charge >= 0.3 is 0 Å². The van der Waals surface area contributed by atoms with Gasteiger partial charge in [-0.1, -0.05) is 18.2 Å². The zero-order valence-electron chi connectivity index (χ0n) is 16.8. The number of H-pyrrole nitrogens is 1. The van der Waals surface area contributed by atoms with Crippen molar-refractivity contribution in [3.8, 4) is 0 Å². The van der Waals surface area contributed by atoms with Crippen molar-refractivity contribution in [1.82, 2.24) is 14.9 Å². The van der Waals surface area contributed by atoms with Crippen LogP contribution in [0.2, 0.25) is 0 Å². The van der Waals surface area contributed by atoms with E-state index in [1.165, 1.54) is 74.0 Å². The first-order chi connectivity index (χ1) is 13.7. The number of rotatable bonds is 3. The Morgan fingerprint density at radius 2 is 1.93 bits per heavy atom. The summed E-state index contributed by atoms with van der Waals surface area (Å²) in [5.41, 5.74) is 5.65. The van der Waals surface area contributed by atoms with Crippen molar-refractivity contribution in [1.29, 1.82) is 0 Å². The highest BCUT2D eigenvalue weighted by atomic mass is 15.2. The first-order valence-corrected chi connectivity index (χ1v) is 10.7. The summed E-state index contributed by atoms with van der Waals surface area (Å²) in [4.78, 5) is 13.0. The second-order valence-electron chi connectivity index (χ2n) is 8.82. The van der Waals surface area contributed by atoms with E-state index >= 15 is 0 Å². The van der Waals surface area contributed by atoms with Crippen LogP contribution in [0, 0.1) is 12.3 Å². The van der Waals surface area contributed by atoms with Crippen LogP contribution in [0.3, 0.4) is 0 Å². The summed E-state index contributed by atoms with van der Waals surface area (Å²) in [6.07, 6.45) is 9.48. The maximum absolute atomic E-state index is 4.35. The number of likely N-dealkylation sites (tertiary alicyclic amines) is 1. The summed E-state index contributed by atoms with van der Waals surface area (Å²) in [6.45, 7) is 7.97. The van der Waals surface area contributed by atoms with Crippen LogP contribution in [-0.4, -0.2) is 41.0 Å². The third kappa shape index (κ3) is 3.42. The Labute approximate surface area is 167 Å². The molecule has 2 saturated heterocycles. The number of pyridine rings is 1. The van der Waals surface area contributed by atoms with Gasteiger partial charge in [-0.25, -0.2) is 0 Å². The molecule has 0 saturated carbocycles. The summed E-state index contributed by atoms with van der Waals surface area (Å²) in [6, 6.07) is 13.1. The molecule has 2 aliphatic rings. The van der Waals surface area contributed by atoms with E-state index < -0.39 is 0 Å². The SMILES string of the molecule is Cc1cc(N2CCC3(CCCN(Cc4c[nH]c5ccccc45)C3)CC2)ccn1. The first kappa shape index (κ1) is 17.7. The summed E-state index contributed by atoms with van der Waals surface area (Å²) in [5, 5.41) is 1.38. The average Bonchev–Trinajstić information content (AvgIpc) is 3.12. The van der Waals surface area contributed by atoms with Crippen molar-refractivity contribution in [2.75, 3.05) is 31.1 Å². The summed E-state index contributed by atoms with van der Waals surface area (Å²) in [7, 11) is 0. The number of nitrogens with zero attached hydrogens (tertiary/aromatic N) is 3. The number of hydrogen-bond donors (Lipinski definition) is 1. The predicted molar refractivity (Wildman–Crippen MR) is 116 cm³/mol. The van der Waals surface area contributed by atoms with Gasteiger partial charge in [0.1, 0.15) is 0 Å². The standard InChI is InChI=1S/C24H30N4/c1-19-15-21(7-11-25-19)28-13-9-24(10-14-28)8-4-12-27(18-24)17-20-16-26-23-6-3-2-5-22(20)23/h2-3,5-7,11,15-16,26H,4,8-10,12-14,17-18H2,1H3. The molecule has 0 amide bonds. The van der Waals surface area contributed by atoms with Gasteiger partial charge in [-0.3, -0.25) is 9.88 Å². The number of nitrogens with one attached hydrogen (secondary N) is 1. The molecule has 5 rings (SSSR count). The maximum atomic E-state index is 4.35. The van der Waals surface area contributed by atoms with Gasteiger partial charge in [0.05, 0.1) is 0 Å². The van der Waals surface area contributed by atoms with E-state index in [1.807, 2.05) is 6.20 Å². The number of aromatic nitrogens is 2. The predicted octanol–water partition coefficient (Wildman–Crippen LogP) is 4.75. The minimum absolute atomic E-state index is 0.503. The van der Waals surface area contributed by atoms with Crippen molar-refractivity contribution < 1.29 is 0 Å². The van der Waals surface area contributed by atoms with E-state index in [0.29, 0.717) is 5.41 Å². The van der Waals surface area contributed by atoms with Gasteiger partial charge in [0.25, 0.3) is 0 Å². The van der Waals surface area contributed by atoms with Gasteiger partial charge in [-0.05, 0) is 68.3 Å². The first-order valence-electron chi connectivity index (χ1n) is 10.7. The van der Waals surface area contributed by atoms with Crippen LogP contribution >= 0.6 is 0 Å². The Morgan fingerprint density at radius 1 is 1.07 bits per heavy atom. The molecule has 2 fully saturated rings. The van der Waals surface area contributed by atoms with E-state index in [-0.39, 0.29) is 0 Å². The quantitative estimate of drug-likeness (QED) is 0.718. The molecule has 0 unspecified atom stereocenters. The van der Waals surface area contributed by atoms with E-state index in [1.54, 1.807) is 0 Å².